The number of anilines is 2. The van der Waals surface area contributed by atoms with Crippen LogP contribution in [0.2, 0.25) is 0 Å². The van der Waals surface area contributed by atoms with Crippen LogP contribution in [0.5, 0.6) is 0 Å². The maximum absolute atomic E-state index is 13.0. The zero-order valence-electron chi connectivity index (χ0n) is 19.4. The molecule has 0 aromatic carbocycles. The molecule has 1 amide bonds. The van der Waals surface area contributed by atoms with Crippen molar-refractivity contribution >= 4 is 17.3 Å². The van der Waals surface area contributed by atoms with Gasteiger partial charge in [0.15, 0.2) is 0 Å². The summed E-state index contributed by atoms with van der Waals surface area (Å²) in [6.07, 6.45) is 0.139. The molecule has 2 unspecified atom stereocenters. The van der Waals surface area contributed by atoms with Crippen LogP contribution in [0.1, 0.15) is 46.4 Å². The van der Waals surface area contributed by atoms with Crippen LogP contribution >= 0.6 is 0 Å². The van der Waals surface area contributed by atoms with Crippen LogP contribution in [0.25, 0.3) is 11.1 Å². The molecule has 0 bridgehead atoms. The number of aromatic nitrogens is 3. The second-order valence-electron chi connectivity index (χ2n) is 8.87. The number of amides is 1. The lowest BCUT2D eigenvalue weighted by molar-refractivity contribution is -0.141. The third kappa shape index (κ3) is 4.76. The predicted octanol–water partition coefficient (Wildman–Crippen LogP) is 4.15. The Morgan fingerprint density at radius 3 is 2.81 bits per heavy atom. The third-order valence-electron chi connectivity index (χ3n) is 6.50. The van der Waals surface area contributed by atoms with Gasteiger partial charge in [-0.1, -0.05) is 0 Å². The largest absolute Gasteiger partial charge is 0.433 e. The van der Waals surface area contributed by atoms with E-state index in [4.69, 9.17) is 4.74 Å². The van der Waals surface area contributed by atoms with Crippen molar-refractivity contribution in [1.29, 1.82) is 0 Å². The highest BCUT2D eigenvalue weighted by Gasteiger charge is 2.34. The Kier molecular flexibility index (Phi) is 6.35. The van der Waals surface area contributed by atoms with E-state index in [0.717, 1.165) is 23.9 Å². The molecule has 3 aromatic heterocycles. The molecule has 188 valence electrons. The third-order valence-corrected chi connectivity index (χ3v) is 6.50. The fraction of sp³-hybridized carbons (Fsp3) is 0.360. The number of hydrogen-bond acceptors (Lipinski definition) is 7. The van der Waals surface area contributed by atoms with Crippen molar-refractivity contribution in [2.24, 2.45) is 0 Å². The molecule has 2 aliphatic heterocycles. The van der Waals surface area contributed by atoms with E-state index in [-0.39, 0.29) is 11.6 Å². The number of alkyl halides is 3. The Bertz CT molecular complexity index is 1300. The summed E-state index contributed by atoms with van der Waals surface area (Å²) in [5, 5.41) is 13.3. The molecule has 0 saturated carbocycles. The van der Waals surface area contributed by atoms with Crippen molar-refractivity contribution in [3.8, 4) is 11.1 Å². The molecule has 0 aliphatic carbocycles. The van der Waals surface area contributed by atoms with E-state index in [1.807, 2.05) is 13.0 Å². The second-order valence-corrected chi connectivity index (χ2v) is 8.87. The van der Waals surface area contributed by atoms with Crippen LogP contribution in [-0.2, 0) is 10.9 Å². The second kappa shape index (κ2) is 9.47. The number of fused-ring (bicyclic) bond motifs is 3. The van der Waals surface area contributed by atoms with Gasteiger partial charge in [-0.15, -0.1) is 0 Å². The maximum atomic E-state index is 13.0. The Labute approximate surface area is 205 Å². The summed E-state index contributed by atoms with van der Waals surface area (Å²) in [6.45, 7) is 3.73. The highest BCUT2D eigenvalue weighted by molar-refractivity contribution is 6.04. The van der Waals surface area contributed by atoms with Gasteiger partial charge in [-0.25, -0.2) is 0 Å². The zero-order chi connectivity index (χ0) is 25.4. The molecule has 2 N–H and O–H groups in total. The molecular weight excluding hydrogens is 475 g/mol. The number of ether oxygens (including phenoxy) is 1. The summed E-state index contributed by atoms with van der Waals surface area (Å²) in [5.41, 5.74) is 2.61. The highest BCUT2D eigenvalue weighted by Crippen LogP contribution is 2.40. The molecule has 5 heterocycles. The van der Waals surface area contributed by atoms with Crippen LogP contribution in [0.15, 0.2) is 42.9 Å². The van der Waals surface area contributed by atoms with Crippen molar-refractivity contribution in [1.82, 2.24) is 15.0 Å². The number of halogens is 3. The lowest BCUT2D eigenvalue weighted by Crippen LogP contribution is -2.41. The molecule has 1 saturated heterocycles. The fourth-order valence-electron chi connectivity index (χ4n) is 4.68. The molecule has 1 fully saturated rings. The molecule has 11 heteroatoms. The molecular formula is C25H24F3N5O3. The molecule has 0 spiro atoms. The number of carbonyl (C=O) groups excluding carboxylic acids is 1. The normalized spacial score (nSPS) is 19.8. The quantitative estimate of drug-likeness (QED) is 0.558. The average molecular weight is 499 g/mol. The number of aryl methyl sites for hydroxylation is 1. The fourth-order valence-corrected chi connectivity index (χ4v) is 4.68. The number of nitrogens with zero attached hydrogens (tertiary/aromatic N) is 4. The number of carbonyl (C=O) groups is 1. The van der Waals surface area contributed by atoms with Crippen LogP contribution in [0, 0.1) is 6.92 Å². The van der Waals surface area contributed by atoms with Gasteiger partial charge in [-0.2, -0.15) is 13.2 Å². The van der Waals surface area contributed by atoms with Crippen molar-refractivity contribution in [3.63, 3.8) is 0 Å². The number of pyridine rings is 3. The van der Waals surface area contributed by atoms with E-state index >= 15 is 0 Å². The van der Waals surface area contributed by atoms with E-state index in [1.54, 1.807) is 12.3 Å². The van der Waals surface area contributed by atoms with Gasteiger partial charge < -0.3 is 20.1 Å². The van der Waals surface area contributed by atoms with Gasteiger partial charge >= 0.3 is 6.18 Å². The number of aliphatic hydroxyl groups excluding tert-OH is 1. The average Bonchev–Trinajstić information content (AvgIpc) is 3.10. The topological polar surface area (TPSA) is 100 Å². The predicted molar refractivity (Wildman–Crippen MR) is 126 cm³/mol. The monoisotopic (exact) mass is 499 g/mol. The van der Waals surface area contributed by atoms with Gasteiger partial charge in [0.1, 0.15) is 5.69 Å². The first kappa shape index (κ1) is 24.1. The first-order valence-electron chi connectivity index (χ1n) is 11.5. The first-order valence-corrected chi connectivity index (χ1v) is 11.5. The van der Waals surface area contributed by atoms with Gasteiger partial charge in [-0.05, 0) is 44.0 Å². The minimum Gasteiger partial charge on any atom is -0.387 e. The van der Waals surface area contributed by atoms with E-state index in [1.165, 1.54) is 12.3 Å². The summed E-state index contributed by atoms with van der Waals surface area (Å²) in [4.78, 5) is 27.1. The number of rotatable bonds is 3. The summed E-state index contributed by atoms with van der Waals surface area (Å²) in [6, 6.07) is 5.73. The smallest absolute Gasteiger partial charge is 0.387 e. The summed E-state index contributed by atoms with van der Waals surface area (Å²) in [7, 11) is 0. The highest BCUT2D eigenvalue weighted by atomic mass is 19.4. The Balaban J connectivity index is 1.44. The molecule has 36 heavy (non-hydrogen) atoms. The summed E-state index contributed by atoms with van der Waals surface area (Å²) in [5.74, 6) is -0.710. The standard InChI is InChI=1S/C25H24F3N5O3/c1-14-19(10-17(13-30-14)32-24(35)15-2-4-29-22(9-15)25(26,27)28)16-8-20-23(31-12-16)21(34)11-18-3-6-36-7-5-33(18)20/h2,4,8-10,12-13,18,21,34H,3,5-7,11H2,1H3,(H,32,35). The molecule has 5 rings (SSSR count). The first-order chi connectivity index (χ1) is 17.2. The Morgan fingerprint density at radius 2 is 2.00 bits per heavy atom. The number of aliphatic hydroxyl groups is 1. The Hall–Kier alpha value is -3.57. The molecule has 8 nitrogen and oxygen atoms in total. The van der Waals surface area contributed by atoms with Crippen LogP contribution < -0.4 is 10.2 Å². The lowest BCUT2D eigenvalue weighted by atomic mass is 9.93. The number of hydrogen-bond donors (Lipinski definition) is 2. The Morgan fingerprint density at radius 1 is 1.17 bits per heavy atom. The van der Waals surface area contributed by atoms with E-state index < -0.39 is 23.9 Å². The van der Waals surface area contributed by atoms with Crippen LogP contribution in [-0.4, -0.2) is 51.8 Å². The van der Waals surface area contributed by atoms with Crippen molar-refractivity contribution in [2.75, 3.05) is 30.0 Å². The molecule has 3 aromatic rings. The van der Waals surface area contributed by atoms with Crippen molar-refractivity contribution in [3.05, 3.63) is 65.5 Å². The van der Waals surface area contributed by atoms with Gasteiger partial charge in [0.2, 0.25) is 0 Å². The SMILES string of the molecule is Cc1ncc(NC(=O)c2ccnc(C(F)(F)F)c2)cc1-c1cnc2c(c1)N1CCOCCC1CC2O. The minimum absolute atomic E-state index is 0.152. The van der Waals surface area contributed by atoms with Crippen LogP contribution in [0.4, 0.5) is 24.5 Å². The van der Waals surface area contributed by atoms with Crippen molar-refractivity contribution < 1.29 is 27.8 Å². The van der Waals surface area contributed by atoms with E-state index in [0.29, 0.717) is 54.9 Å². The van der Waals surface area contributed by atoms with E-state index in [9.17, 15) is 23.1 Å². The number of nitrogens with one attached hydrogen (secondary N) is 1. The molecule has 2 aliphatic rings. The van der Waals surface area contributed by atoms with Crippen LogP contribution in [0.3, 0.4) is 0 Å². The summed E-state index contributed by atoms with van der Waals surface area (Å²) < 4.78 is 44.6. The van der Waals surface area contributed by atoms with Gasteiger partial charge in [0.05, 0.1) is 36.0 Å². The van der Waals surface area contributed by atoms with Gasteiger partial charge in [0.25, 0.3) is 5.91 Å². The van der Waals surface area contributed by atoms with Gasteiger partial charge in [-0.3, -0.25) is 19.7 Å². The molecule has 2 atom stereocenters. The minimum atomic E-state index is -4.65. The maximum Gasteiger partial charge on any atom is 0.433 e. The van der Waals surface area contributed by atoms with E-state index in [2.05, 4.69) is 25.2 Å². The zero-order valence-corrected chi connectivity index (χ0v) is 19.4. The van der Waals surface area contributed by atoms with Crippen molar-refractivity contribution in [2.45, 2.75) is 38.1 Å². The summed E-state index contributed by atoms with van der Waals surface area (Å²) >= 11 is 0. The lowest BCUT2D eigenvalue weighted by Gasteiger charge is -2.39. The molecule has 0 radical (unpaired) electrons. The van der Waals surface area contributed by atoms with Gasteiger partial charge in [0, 0.05) is 54.0 Å².